The average Bonchev–Trinajstić information content (AvgIpc) is 3.90. The van der Waals surface area contributed by atoms with Gasteiger partial charge in [-0.05, 0) is 104 Å². The van der Waals surface area contributed by atoms with Gasteiger partial charge in [-0.3, -0.25) is 23.2 Å². The molecule has 15 nitrogen and oxygen atoms in total. The molecule has 0 spiro atoms. The van der Waals surface area contributed by atoms with E-state index in [1.165, 1.54) is 54.9 Å². The summed E-state index contributed by atoms with van der Waals surface area (Å²) in [4.78, 5) is 42.1. The van der Waals surface area contributed by atoms with Gasteiger partial charge >= 0.3 is 12.4 Å². The Morgan fingerprint density at radius 3 is 1.49 bits per heavy atom. The van der Waals surface area contributed by atoms with E-state index < -0.39 is 46.1 Å². The normalized spacial score (nSPS) is 11.8. The zero-order valence-corrected chi connectivity index (χ0v) is 40.1. The molecule has 71 heavy (non-hydrogen) atoms. The van der Waals surface area contributed by atoms with Gasteiger partial charge < -0.3 is 21.3 Å². The molecule has 4 aromatic carbocycles. The topological polar surface area (TPSA) is 187 Å². The van der Waals surface area contributed by atoms with E-state index in [1.807, 2.05) is 26.2 Å². The van der Waals surface area contributed by atoms with E-state index >= 15 is 0 Å². The number of alkyl halides is 6. The minimum Gasteiger partial charge on any atom is -0.340 e. The Labute approximate surface area is 409 Å². The van der Waals surface area contributed by atoms with Crippen LogP contribution < -0.4 is 21.3 Å². The molecule has 4 aromatic heterocycles. The Kier molecular flexibility index (Phi) is 15.3. The van der Waals surface area contributed by atoms with Crippen LogP contribution in [0.15, 0.2) is 132 Å². The quantitative estimate of drug-likeness (QED) is 0.0516. The summed E-state index contributed by atoms with van der Waals surface area (Å²) in [6.07, 6.45) is 0.511. The second kappa shape index (κ2) is 21.4. The van der Waals surface area contributed by atoms with Crippen molar-refractivity contribution in [1.82, 2.24) is 39.5 Å². The average molecular weight is 1010 g/mol. The molecule has 23 heteroatoms. The van der Waals surface area contributed by atoms with Crippen molar-refractivity contribution in [3.8, 4) is 22.5 Å². The Bertz CT molecular complexity index is 3290. The molecule has 0 aliphatic rings. The standard InChI is InChI=1S/C24H21F3N6O2S.C24H21F3N6OS/c1-14-7-8-17(31-23(34)15-5-4-6-16(9-15)24(25,26)27)10-19(14)32-22-18(12-30-33(22)2)20-11-21(36(3)35)29-13-28-20;1-14-7-8-17(31-23(34)15-5-4-6-16(9-15)24(25,26)27)10-19(14)32-22-18(12-30-33(22)2)20-11-21(35-3)29-13-28-20/h4-13,32H,1-3H3,(H,31,34);4-13,32H,1-3H3,(H,31,34). The number of nitrogens with one attached hydrogen (secondary N) is 4. The summed E-state index contributed by atoms with van der Waals surface area (Å²) in [7, 11) is 2.24. The fourth-order valence-electron chi connectivity index (χ4n) is 6.79. The van der Waals surface area contributed by atoms with E-state index in [0.717, 1.165) is 46.0 Å². The first-order chi connectivity index (χ1) is 33.7. The highest BCUT2D eigenvalue weighted by Gasteiger charge is 2.32. The van der Waals surface area contributed by atoms with Gasteiger partial charge in [0.15, 0.2) is 0 Å². The SMILES string of the molecule is CSc1cc(-c2cnn(C)c2Nc2cc(NC(=O)c3cccc(C(F)(F)F)c3)ccc2C)ncn1.Cc1ccc(NC(=O)c2cccc(C(F)(F)F)c2)cc1Nc1c(-c2cc(S(C)=O)ncn2)cnn1C. The van der Waals surface area contributed by atoms with E-state index in [0.29, 0.717) is 56.4 Å². The van der Waals surface area contributed by atoms with Crippen molar-refractivity contribution in [1.29, 1.82) is 0 Å². The summed E-state index contributed by atoms with van der Waals surface area (Å²) in [5.41, 5.74) is 4.54. The fraction of sp³-hybridized carbons (Fsp3) is 0.167. The number of amides is 2. The second-order valence-electron chi connectivity index (χ2n) is 15.6. The Morgan fingerprint density at radius 2 is 1.06 bits per heavy atom. The maximum absolute atomic E-state index is 13.0. The predicted molar refractivity (Wildman–Crippen MR) is 260 cm³/mol. The number of anilines is 6. The van der Waals surface area contributed by atoms with Gasteiger partial charge in [0.25, 0.3) is 11.8 Å². The zero-order valence-electron chi connectivity index (χ0n) is 38.4. The van der Waals surface area contributed by atoms with Crippen LogP contribution in [0.25, 0.3) is 22.5 Å². The number of rotatable bonds is 12. The molecule has 0 saturated carbocycles. The molecule has 1 atom stereocenters. The summed E-state index contributed by atoms with van der Waals surface area (Å²) >= 11 is 1.50. The number of hydrogen-bond acceptors (Lipinski definition) is 12. The minimum absolute atomic E-state index is 0.0859. The Balaban J connectivity index is 0.000000209. The molecule has 0 aliphatic heterocycles. The van der Waals surface area contributed by atoms with E-state index in [2.05, 4.69) is 51.4 Å². The van der Waals surface area contributed by atoms with Gasteiger partial charge in [-0.25, -0.2) is 19.9 Å². The van der Waals surface area contributed by atoms with Crippen molar-refractivity contribution in [3.63, 3.8) is 0 Å². The largest absolute Gasteiger partial charge is 0.416 e. The van der Waals surface area contributed by atoms with Crippen molar-refractivity contribution in [2.24, 2.45) is 14.1 Å². The molecule has 0 fully saturated rings. The number of nitrogens with zero attached hydrogens (tertiary/aromatic N) is 8. The molecule has 0 bridgehead atoms. The first kappa shape index (κ1) is 50.9. The molecule has 1 unspecified atom stereocenters. The molecule has 366 valence electrons. The van der Waals surface area contributed by atoms with Gasteiger partial charge in [0.2, 0.25) is 0 Å². The first-order valence-corrected chi connectivity index (χ1v) is 23.8. The zero-order chi connectivity index (χ0) is 51.2. The lowest BCUT2D eigenvalue weighted by Crippen LogP contribution is -2.14. The number of halogens is 6. The smallest absolute Gasteiger partial charge is 0.340 e. The van der Waals surface area contributed by atoms with Crippen LogP contribution in [0.5, 0.6) is 0 Å². The van der Waals surface area contributed by atoms with Crippen molar-refractivity contribution in [3.05, 3.63) is 155 Å². The maximum atomic E-state index is 13.0. The minimum atomic E-state index is -4.55. The maximum Gasteiger partial charge on any atom is 0.416 e. The number of carbonyl (C=O) groups excluding carboxylic acids is 2. The van der Waals surface area contributed by atoms with Crippen LogP contribution >= 0.6 is 11.8 Å². The Morgan fingerprint density at radius 1 is 0.606 bits per heavy atom. The molecule has 8 rings (SSSR count). The molecular weight excluding hydrogens is 971 g/mol. The van der Waals surface area contributed by atoms with Crippen LogP contribution in [0.4, 0.5) is 60.7 Å². The number of aromatic nitrogens is 8. The van der Waals surface area contributed by atoms with Crippen LogP contribution in [0.2, 0.25) is 0 Å². The fourth-order valence-corrected chi connectivity index (χ4v) is 7.65. The van der Waals surface area contributed by atoms with E-state index in [-0.39, 0.29) is 11.1 Å². The predicted octanol–water partition coefficient (Wildman–Crippen LogP) is 10.9. The highest BCUT2D eigenvalue weighted by Crippen LogP contribution is 2.35. The van der Waals surface area contributed by atoms with E-state index in [9.17, 15) is 40.1 Å². The lowest BCUT2D eigenvalue weighted by atomic mass is 10.1. The van der Waals surface area contributed by atoms with Crippen molar-refractivity contribution < 1.29 is 40.1 Å². The number of aryl methyl sites for hydroxylation is 4. The molecular formula is C48H42F6N12O3S2. The van der Waals surface area contributed by atoms with Gasteiger partial charge in [0.1, 0.15) is 29.3 Å². The third kappa shape index (κ3) is 12.5. The number of benzene rings is 4. The van der Waals surface area contributed by atoms with Crippen LogP contribution in [-0.2, 0) is 37.2 Å². The highest BCUT2D eigenvalue weighted by atomic mass is 32.2. The van der Waals surface area contributed by atoms with Crippen molar-refractivity contribution in [2.45, 2.75) is 36.3 Å². The van der Waals surface area contributed by atoms with Crippen molar-refractivity contribution >= 4 is 68.8 Å². The van der Waals surface area contributed by atoms with E-state index in [4.69, 9.17) is 0 Å². The van der Waals surface area contributed by atoms with Gasteiger partial charge in [0, 0.05) is 54.2 Å². The molecule has 8 aromatic rings. The number of hydrogen-bond donors (Lipinski definition) is 4. The third-order valence-corrected chi connectivity index (χ3v) is 12.1. The molecule has 2 amide bonds. The van der Waals surface area contributed by atoms with Gasteiger partial charge in [-0.15, -0.1) is 11.8 Å². The lowest BCUT2D eigenvalue weighted by molar-refractivity contribution is -0.138. The summed E-state index contributed by atoms with van der Waals surface area (Å²) in [6, 6.07) is 22.3. The van der Waals surface area contributed by atoms with Crippen LogP contribution in [-0.4, -0.2) is 68.0 Å². The monoisotopic (exact) mass is 1010 g/mol. The molecule has 4 heterocycles. The molecule has 0 radical (unpaired) electrons. The lowest BCUT2D eigenvalue weighted by Gasteiger charge is -2.14. The van der Waals surface area contributed by atoms with Crippen molar-refractivity contribution in [2.75, 3.05) is 33.8 Å². The summed E-state index contributed by atoms with van der Waals surface area (Å²) in [6.45, 7) is 3.76. The molecule has 0 saturated heterocycles. The number of thioether (sulfide) groups is 1. The van der Waals surface area contributed by atoms with Crippen LogP contribution in [0.1, 0.15) is 43.0 Å². The van der Waals surface area contributed by atoms with E-state index in [1.54, 1.807) is 78.3 Å². The second-order valence-corrected chi connectivity index (χ2v) is 17.7. The van der Waals surface area contributed by atoms with Gasteiger partial charge in [-0.1, -0.05) is 24.3 Å². The molecule has 4 N–H and O–H groups in total. The highest BCUT2D eigenvalue weighted by molar-refractivity contribution is 7.98. The summed E-state index contributed by atoms with van der Waals surface area (Å²) in [5, 5.41) is 21.8. The third-order valence-electron chi connectivity index (χ3n) is 10.6. The van der Waals surface area contributed by atoms with Crippen LogP contribution in [0, 0.1) is 13.8 Å². The summed E-state index contributed by atoms with van der Waals surface area (Å²) in [5.74, 6) is -0.0397. The first-order valence-electron chi connectivity index (χ1n) is 21.0. The molecule has 0 aliphatic carbocycles. The van der Waals surface area contributed by atoms with Gasteiger partial charge in [0.05, 0.1) is 61.9 Å². The summed E-state index contributed by atoms with van der Waals surface area (Å²) < 4.78 is 93.2. The van der Waals surface area contributed by atoms with Crippen LogP contribution in [0.3, 0.4) is 0 Å². The number of carbonyl (C=O) groups is 2. The van der Waals surface area contributed by atoms with Gasteiger partial charge in [-0.2, -0.15) is 36.5 Å². The Hall–Kier alpha value is -7.92.